The van der Waals surface area contributed by atoms with Crippen LogP contribution in [0.5, 0.6) is 23.0 Å². The van der Waals surface area contributed by atoms with Crippen LogP contribution < -0.4 is 18.9 Å². The topological polar surface area (TPSA) is 142 Å². The van der Waals surface area contributed by atoms with Gasteiger partial charge in [0.2, 0.25) is 0 Å². The summed E-state index contributed by atoms with van der Waals surface area (Å²) in [6.45, 7) is 47.8. The normalized spacial score (nSPS) is 14.6. The standard InChI is InChI=1S/C76H112O12/c1-69(2,3)57-37-49-29-25-31-51-39-58(70(4,5)6)41-53(66(51)82-46-62(78)86-74(16,17)18)33-27-35-55-43-60(72(10,11)12)44-56(68(55)84-48-64(80)88-76(22,23)24)36-28-34-54-42-59(71(7,8)9)40-52(67(54)83-47-63(79)87-75(19,20)21)32-26-30-50(38-57)65(49)81-45-61(77)85-73(13,14)15/h37-44H,25-36,45-48H2,1-24H3. The molecule has 0 N–H and O–H groups in total. The first-order valence-corrected chi connectivity index (χ1v) is 32.3. The summed E-state index contributed by atoms with van der Waals surface area (Å²) in [5, 5.41) is 0. The van der Waals surface area contributed by atoms with E-state index in [0.717, 1.165) is 66.8 Å². The zero-order valence-corrected chi connectivity index (χ0v) is 58.8. The minimum Gasteiger partial charge on any atom is -0.481 e. The first kappa shape index (κ1) is 72.7. The molecular weight excluding hydrogens is 1100 g/mol. The van der Waals surface area contributed by atoms with E-state index in [2.05, 4.69) is 132 Å². The Hall–Kier alpha value is -6.04. The third-order valence-corrected chi connectivity index (χ3v) is 15.0. The lowest BCUT2D eigenvalue weighted by Crippen LogP contribution is -2.28. The molecule has 1 aliphatic rings. The third kappa shape index (κ3) is 23.4. The van der Waals surface area contributed by atoms with Crippen molar-refractivity contribution in [1.29, 1.82) is 0 Å². The number of carbonyl (C=O) groups is 4. The fraction of sp³-hybridized carbons (Fsp3) is 0.632. The summed E-state index contributed by atoms with van der Waals surface area (Å²) in [5.41, 5.74) is 8.80. The quantitative estimate of drug-likeness (QED) is 0.0984. The number of ether oxygens (including phenoxy) is 8. The molecule has 0 spiro atoms. The Morgan fingerprint density at radius 3 is 0.511 bits per heavy atom. The summed E-state index contributed by atoms with van der Waals surface area (Å²) in [7, 11) is 0. The maximum Gasteiger partial charge on any atom is 0.344 e. The maximum atomic E-state index is 13.5. The number of hydrogen-bond acceptors (Lipinski definition) is 12. The molecule has 12 heteroatoms. The number of hydrogen-bond donors (Lipinski definition) is 0. The van der Waals surface area contributed by atoms with Gasteiger partial charge < -0.3 is 37.9 Å². The summed E-state index contributed by atoms with van der Waals surface area (Å²) in [6.07, 6.45) is 7.63. The van der Waals surface area contributed by atoms with E-state index < -0.39 is 46.3 Å². The fourth-order valence-corrected chi connectivity index (χ4v) is 10.9. The van der Waals surface area contributed by atoms with Gasteiger partial charge in [0.1, 0.15) is 45.4 Å². The number of rotatable bonds is 12. The molecule has 5 rings (SSSR count). The molecule has 488 valence electrons. The molecule has 0 unspecified atom stereocenters. The van der Waals surface area contributed by atoms with Gasteiger partial charge in [-0.1, -0.05) is 132 Å². The number of benzene rings is 4. The Kier molecular flexibility index (Phi) is 23.8. The van der Waals surface area contributed by atoms with E-state index in [1.54, 1.807) is 0 Å². The van der Waals surface area contributed by atoms with E-state index in [4.69, 9.17) is 37.9 Å². The van der Waals surface area contributed by atoms with Gasteiger partial charge in [0.15, 0.2) is 26.4 Å². The molecule has 4 aromatic rings. The van der Waals surface area contributed by atoms with E-state index >= 15 is 0 Å². The summed E-state index contributed by atoms with van der Waals surface area (Å²) >= 11 is 0. The molecule has 0 atom stereocenters. The van der Waals surface area contributed by atoms with Crippen molar-refractivity contribution >= 4 is 23.9 Å². The molecule has 4 aromatic carbocycles. The maximum absolute atomic E-state index is 13.5. The minimum absolute atomic E-state index is 0.229. The van der Waals surface area contributed by atoms with E-state index in [0.29, 0.717) is 100 Å². The van der Waals surface area contributed by atoms with Crippen LogP contribution in [0.2, 0.25) is 0 Å². The van der Waals surface area contributed by atoms with Gasteiger partial charge in [-0.3, -0.25) is 0 Å². The van der Waals surface area contributed by atoms with Crippen molar-refractivity contribution in [3.63, 3.8) is 0 Å². The van der Waals surface area contributed by atoms with Crippen LogP contribution in [0.3, 0.4) is 0 Å². The van der Waals surface area contributed by atoms with Crippen LogP contribution in [0.25, 0.3) is 0 Å². The molecule has 8 bridgehead atoms. The van der Waals surface area contributed by atoms with Crippen LogP contribution in [0.15, 0.2) is 48.5 Å². The Balaban J connectivity index is 1.81. The highest BCUT2D eigenvalue weighted by Gasteiger charge is 2.29. The molecule has 0 amide bonds. The molecule has 0 heterocycles. The number of aryl methyl sites for hydroxylation is 8. The predicted molar refractivity (Wildman–Crippen MR) is 354 cm³/mol. The van der Waals surface area contributed by atoms with Gasteiger partial charge >= 0.3 is 23.9 Å². The zero-order chi connectivity index (χ0) is 66.2. The minimum atomic E-state index is -0.701. The zero-order valence-electron chi connectivity index (χ0n) is 58.8. The van der Waals surface area contributed by atoms with Gasteiger partial charge in [-0.05, 0) is 249 Å². The van der Waals surface area contributed by atoms with Crippen LogP contribution in [0.1, 0.15) is 259 Å². The Morgan fingerprint density at radius 2 is 0.398 bits per heavy atom. The second-order valence-electron chi connectivity index (χ2n) is 32.4. The summed E-state index contributed by atoms with van der Waals surface area (Å²) in [4.78, 5) is 54.2. The monoisotopic (exact) mass is 1220 g/mol. The SMILES string of the molecule is CC(C)(C)OC(=O)COc1c2cc(C(C)(C)C)cc1CCCc1cc(C(C)(C)C)cc(c1OCC(=O)OC(C)(C)C)CCCc1cc(C(C)(C)C)cc(c1OCC(=O)OC(C)(C)C)CCCc1cc(C(C)(C)C)cc(c1OCC(=O)OC(C)(C)C)CCC2. The molecule has 0 saturated carbocycles. The third-order valence-electron chi connectivity index (χ3n) is 15.0. The van der Waals surface area contributed by atoms with Gasteiger partial charge in [-0.25, -0.2) is 19.2 Å². The van der Waals surface area contributed by atoms with E-state index in [1.807, 2.05) is 83.1 Å². The van der Waals surface area contributed by atoms with Gasteiger partial charge in [0.25, 0.3) is 0 Å². The van der Waals surface area contributed by atoms with Gasteiger partial charge in [-0.15, -0.1) is 0 Å². The number of carbonyl (C=O) groups excluding carboxylic acids is 4. The van der Waals surface area contributed by atoms with E-state index in [9.17, 15) is 19.2 Å². The predicted octanol–water partition coefficient (Wildman–Crippen LogP) is 16.8. The highest BCUT2D eigenvalue weighted by Crippen LogP contribution is 2.41. The Labute approximate surface area is 530 Å². The average molecular weight is 1220 g/mol. The largest absolute Gasteiger partial charge is 0.481 e. The Bertz CT molecular complexity index is 2550. The van der Waals surface area contributed by atoms with Crippen LogP contribution in [0.4, 0.5) is 0 Å². The van der Waals surface area contributed by atoms with Crippen molar-refractivity contribution < 1.29 is 57.1 Å². The number of esters is 4. The second-order valence-corrected chi connectivity index (χ2v) is 32.4. The van der Waals surface area contributed by atoms with Crippen LogP contribution in [-0.2, 0) is 111 Å². The summed E-state index contributed by atoms with van der Waals surface area (Å²) < 4.78 is 50.1. The highest BCUT2D eigenvalue weighted by atomic mass is 16.6. The lowest BCUT2D eigenvalue weighted by molar-refractivity contribution is -0.158. The van der Waals surface area contributed by atoms with Crippen LogP contribution in [-0.4, -0.2) is 72.7 Å². The van der Waals surface area contributed by atoms with Gasteiger partial charge in [0.05, 0.1) is 0 Å². The van der Waals surface area contributed by atoms with Crippen molar-refractivity contribution in [3.8, 4) is 23.0 Å². The van der Waals surface area contributed by atoms with E-state index in [1.165, 1.54) is 0 Å². The summed E-state index contributed by atoms with van der Waals surface area (Å²) in [5.74, 6) is 0.902. The molecule has 12 nitrogen and oxygen atoms in total. The van der Waals surface area contributed by atoms with Crippen molar-refractivity contribution in [3.05, 3.63) is 115 Å². The first-order valence-electron chi connectivity index (χ1n) is 32.3. The van der Waals surface area contributed by atoms with Crippen molar-refractivity contribution in [2.75, 3.05) is 26.4 Å². The molecule has 0 aromatic heterocycles. The molecule has 0 aliphatic heterocycles. The lowest BCUT2D eigenvalue weighted by atomic mass is 9.81. The fourth-order valence-electron chi connectivity index (χ4n) is 10.9. The second kappa shape index (κ2) is 28.8. The van der Waals surface area contributed by atoms with E-state index in [-0.39, 0.29) is 48.1 Å². The Morgan fingerprint density at radius 1 is 0.261 bits per heavy atom. The summed E-state index contributed by atoms with van der Waals surface area (Å²) in [6, 6.07) is 17.9. The molecule has 1 aliphatic carbocycles. The van der Waals surface area contributed by atoms with Gasteiger partial charge in [0, 0.05) is 0 Å². The molecule has 0 radical (unpaired) electrons. The van der Waals surface area contributed by atoms with Crippen LogP contribution >= 0.6 is 0 Å². The molecule has 0 saturated heterocycles. The average Bonchev–Trinajstić information content (AvgIpc) is 3.33. The van der Waals surface area contributed by atoms with Crippen molar-refractivity contribution in [1.82, 2.24) is 0 Å². The number of fused-ring (bicyclic) bond motifs is 8. The lowest BCUT2D eigenvalue weighted by Gasteiger charge is -2.27. The van der Waals surface area contributed by atoms with Crippen molar-refractivity contribution in [2.24, 2.45) is 0 Å². The van der Waals surface area contributed by atoms with Gasteiger partial charge in [-0.2, -0.15) is 0 Å². The first-order chi connectivity index (χ1) is 40.2. The molecule has 0 fully saturated rings. The molecular formula is C76H112O12. The van der Waals surface area contributed by atoms with Crippen molar-refractivity contribution in [2.45, 2.75) is 287 Å². The highest BCUT2D eigenvalue weighted by molar-refractivity contribution is 5.73. The smallest absolute Gasteiger partial charge is 0.344 e. The molecule has 88 heavy (non-hydrogen) atoms. The van der Waals surface area contributed by atoms with Crippen LogP contribution in [0, 0.1) is 0 Å².